The van der Waals surface area contributed by atoms with Crippen LogP contribution in [0.25, 0.3) is 0 Å². The number of benzene rings is 1. The van der Waals surface area contributed by atoms with E-state index in [2.05, 4.69) is 4.57 Å². The van der Waals surface area contributed by atoms with Crippen LogP contribution >= 0.6 is 0 Å². The van der Waals surface area contributed by atoms with Crippen molar-refractivity contribution in [2.75, 3.05) is 6.61 Å². The molecule has 1 aromatic carbocycles. The Morgan fingerprint density at radius 1 is 1.27 bits per heavy atom. The third-order valence-electron chi connectivity index (χ3n) is 3.95. The fraction of sp³-hybridized carbons (Fsp3) is 0.353. The van der Waals surface area contributed by atoms with Crippen molar-refractivity contribution in [3.05, 3.63) is 52.9 Å². The number of nitrogens with zero attached hydrogens (tertiary/aromatic N) is 1. The summed E-state index contributed by atoms with van der Waals surface area (Å²) in [6, 6.07) is 5.36. The Hall–Kier alpha value is -2.17. The van der Waals surface area contributed by atoms with Gasteiger partial charge in [-0.15, -0.1) is 0 Å². The minimum atomic E-state index is -0.809. The lowest BCUT2D eigenvalue weighted by atomic mass is 10.1. The van der Waals surface area contributed by atoms with E-state index in [-0.39, 0.29) is 18.1 Å². The van der Waals surface area contributed by atoms with E-state index < -0.39 is 11.6 Å². The SMILES string of the molecule is Cc1cc(C(=O)COc2ccc(F)cc2F)c(C)n1C1CC1. The largest absolute Gasteiger partial charge is 0.482 e. The van der Waals surface area contributed by atoms with Crippen LogP contribution in [-0.2, 0) is 0 Å². The molecule has 3 rings (SSSR count). The summed E-state index contributed by atoms with van der Waals surface area (Å²) in [6.07, 6.45) is 2.28. The normalized spacial score (nSPS) is 14.2. The van der Waals surface area contributed by atoms with Crippen molar-refractivity contribution in [2.24, 2.45) is 0 Å². The van der Waals surface area contributed by atoms with Crippen LogP contribution in [0.1, 0.15) is 40.6 Å². The van der Waals surface area contributed by atoms with Crippen molar-refractivity contribution < 1.29 is 18.3 Å². The van der Waals surface area contributed by atoms with E-state index >= 15 is 0 Å². The van der Waals surface area contributed by atoms with Crippen molar-refractivity contribution in [2.45, 2.75) is 32.7 Å². The van der Waals surface area contributed by atoms with Gasteiger partial charge in [0.15, 0.2) is 18.2 Å². The van der Waals surface area contributed by atoms with E-state index in [0.717, 1.165) is 36.4 Å². The lowest BCUT2D eigenvalue weighted by Crippen LogP contribution is -2.13. The quantitative estimate of drug-likeness (QED) is 0.782. The van der Waals surface area contributed by atoms with Gasteiger partial charge in [0.2, 0.25) is 5.78 Å². The summed E-state index contributed by atoms with van der Waals surface area (Å²) in [4.78, 5) is 12.3. The van der Waals surface area contributed by atoms with E-state index in [0.29, 0.717) is 11.6 Å². The van der Waals surface area contributed by atoms with Crippen molar-refractivity contribution in [1.82, 2.24) is 4.57 Å². The highest BCUT2D eigenvalue weighted by Crippen LogP contribution is 2.38. The molecule has 0 bridgehead atoms. The van der Waals surface area contributed by atoms with Gasteiger partial charge in [-0.1, -0.05) is 0 Å². The number of Topliss-reactive ketones (excluding diaryl/α,β-unsaturated/α-hetero) is 1. The molecule has 5 heteroatoms. The van der Waals surface area contributed by atoms with E-state index in [1.54, 1.807) is 0 Å². The smallest absolute Gasteiger partial charge is 0.202 e. The summed E-state index contributed by atoms with van der Waals surface area (Å²) in [5.74, 6) is -1.81. The number of ether oxygens (including phenoxy) is 1. The van der Waals surface area contributed by atoms with Crippen LogP contribution in [-0.4, -0.2) is 17.0 Å². The highest BCUT2D eigenvalue weighted by Gasteiger charge is 2.28. The summed E-state index contributed by atoms with van der Waals surface area (Å²) >= 11 is 0. The standard InChI is InChI=1S/C17H17F2NO2/c1-10-7-14(11(2)20(10)13-4-5-13)16(21)9-22-17-6-3-12(18)8-15(17)19/h3,6-8,13H,4-5,9H2,1-2H3. The van der Waals surface area contributed by atoms with Crippen LogP contribution in [0.2, 0.25) is 0 Å². The van der Waals surface area contributed by atoms with Gasteiger partial charge < -0.3 is 9.30 Å². The van der Waals surface area contributed by atoms with E-state index in [1.165, 1.54) is 6.07 Å². The van der Waals surface area contributed by atoms with E-state index in [1.807, 2.05) is 19.9 Å². The topological polar surface area (TPSA) is 31.2 Å². The van der Waals surface area contributed by atoms with Gasteiger partial charge in [-0.2, -0.15) is 0 Å². The van der Waals surface area contributed by atoms with Gasteiger partial charge in [-0.25, -0.2) is 8.78 Å². The Bertz CT molecular complexity index is 733. The molecule has 1 aromatic heterocycles. The van der Waals surface area contributed by atoms with Crippen LogP contribution in [0.3, 0.4) is 0 Å². The number of ketones is 1. The summed E-state index contributed by atoms with van der Waals surface area (Å²) in [6.45, 7) is 3.62. The molecule has 0 N–H and O–H groups in total. The number of carbonyl (C=O) groups excluding carboxylic acids is 1. The second-order valence-corrected chi connectivity index (χ2v) is 5.67. The molecule has 0 atom stereocenters. The summed E-state index contributed by atoms with van der Waals surface area (Å²) in [5, 5.41) is 0. The fourth-order valence-corrected chi connectivity index (χ4v) is 2.77. The zero-order valence-corrected chi connectivity index (χ0v) is 12.5. The number of aryl methyl sites for hydroxylation is 1. The minimum Gasteiger partial charge on any atom is -0.482 e. The van der Waals surface area contributed by atoms with Crippen LogP contribution in [0.15, 0.2) is 24.3 Å². The first kappa shape index (κ1) is 14.8. The lowest BCUT2D eigenvalue weighted by molar-refractivity contribution is 0.0918. The maximum absolute atomic E-state index is 13.5. The summed E-state index contributed by atoms with van der Waals surface area (Å²) in [5.41, 5.74) is 2.58. The first-order valence-corrected chi connectivity index (χ1v) is 7.27. The monoisotopic (exact) mass is 305 g/mol. The third kappa shape index (κ3) is 2.75. The number of aromatic nitrogens is 1. The lowest BCUT2D eigenvalue weighted by Gasteiger charge is -2.08. The Kier molecular flexibility index (Phi) is 3.72. The van der Waals surface area contributed by atoms with E-state index in [4.69, 9.17) is 4.74 Å². The van der Waals surface area contributed by atoms with Crippen molar-refractivity contribution in [1.29, 1.82) is 0 Å². The molecule has 0 radical (unpaired) electrons. The molecule has 1 heterocycles. The maximum atomic E-state index is 13.5. The molecule has 0 aliphatic heterocycles. The van der Waals surface area contributed by atoms with Gasteiger partial charge in [0, 0.05) is 29.1 Å². The Labute approximate surface area is 127 Å². The molecule has 0 unspecified atom stereocenters. The fourth-order valence-electron chi connectivity index (χ4n) is 2.77. The van der Waals surface area contributed by atoms with E-state index in [9.17, 15) is 13.6 Å². The Morgan fingerprint density at radius 2 is 2.00 bits per heavy atom. The number of hydrogen-bond donors (Lipinski definition) is 0. The number of hydrogen-bond acceptors (Lipinski definition) is 2. The van der Waals surface area contributed by atoms with Crippen LogP contribution in [0.5, 0.6) is 5.75 Å². The molecule has 1 aliphatic carbocycles. The van der Waals surface area contributed by atoms with Crippen LogP contribution in [0, 0.1) is 25.5 Å². The predicted octanol–water partition coefficient (Wildman–Crippen LogP) is 3.98. The van der Waals surface area contributed by atoms with Gasteiger partial charge in [-0.3, -0.25) is 4.79 Å². The number of halogens is 2. The molecule has 1 fully saturated rings. The highest BCUT2D eigenvalue weighted by molar-refractivity contribution is 5.98. The molecule has 22 heavy (non-hydrogen) atoms. The molecule has 2 aromatic rings. The highest BCUT2D eigenvalue weighted by atomic mass is 19.1. The van der Waals surface area contributed by atoms with Gasteiger partial charge in [0.1, 0.15) is 5.82 Å². The zero-order chi connectivity index (χ0) is 15.9. The Morgan fingerprint density at radius 3 is 2.64 bits per heavy atom. The first-order valence-electron chi connectivity index (χ1n) is 7.27. The molecular weight excluding hydrogens is 288 g/mol. The van der Waals surface area contributed by atoms with Crippen LogP contribution < -0.4 is 4.74 Å². The average molecular weight is 305 g/mol. The van der Waals surface area contributed by atoms with Gasteiger partial charge in [0.25, 0.3) is 0 Å². The number of rotatable bonds is 5. The van der Waals surface area contributed by atoms with Crippen molar-refractivity contribution in [3.63, 3.8) is 0 Å². The molecular formula is C17H17F2NO2. The van der Waals surface area contributed by atoms with Crippen molar-refractivity contribution >= 4 is 5.78 Å². The summed E-state index contributed by atoms with van der Waals surface area (Å²) in [7, 11) is 0. The molecule has 0 amide bonds. The minimum absolute atomic E-state index is 0.120. The molecule has 0 spiro atoms. The molecule has 1 aliphatic rings. The van der Waals surface area contributed by atoms with Crippen molar-refractivity contribution in [3.8, 4) is 5.75 Å². The van der Waals surface area contributed by atoms with Gasteiger partial charge in [-0.05, 0) is 44.9 Å². The van der Waals surface area contributed by atoms with Crippen LogP contribution in [0.4, 0.5) is 8.78 Å². The average Bonchev–Trinajstić information content (AvgIpc) is 3.24. The molecule has 3 nitrogen and oxygen atoms in total. The Balaban J connectivity index is 1.73. The predicted molar refractivity (Wildman–Crippen MR) is 78.4 cm³/mol. The third-order valence-corrected chi connectivity index (χ3v) is 3.95. The zero-order valence-electron chi connectivity index (χ0n) is 12.5. The second-order valence-electron chi connectivity index (χ2n) is 5.67. The maximum Gasteiger partial charge on any atom is 0.202 e. The molecule has 0 saturated heterocycles. The molecule has 116 valence electrons. The second kappa shape index (κ2) is 5.55. The van der Waals surface area contributed by atoms with Gasteiger partial charge >= 0.3 is 0 Å². The number of carbonyl (C=O) groups is 1. The summed E-state index contributed by atoms with van der Waals surface area (Å²) < 4.78 is 33.7. The molecule has 1 saturated carbocycles. The van der Waals surface area contributed by atoms with Gasteiger partial charge in [0.05, 0.1) is 0 Å². The first-order chi connectivity index (χ1) is 10.5.